The fourth-order valence-corrected chi connectivity index (χ4v) is 5.63. The molecule has 0 aromatic carbocycles. The van der Waals surface area contributed by atoms with E-state index in [0.717, 1.165) is 0 Å². The number of rotatable bonds is 2. The molecule has 0 N–H and O–H groups in total. The van der Waals surface area contributed by atoms with Gasteiger partial charge in [0.25, 0.3) is 0 Å². The van der Waals surface area contributed by atoms with Crippen LogP contribution >= 0.6 is 0 Å². The molecule has 0 bridgehead atoms. The molecule has 0 aromatic rings. The average molecular weight is 334 g/mol. The molecule has 1 aliphatic rings. The van der Waals surface area contributed by atoms with Crippen molar-refractivity contribution in [1.29, 1.82) is 0 Å². The van der Waals surface area contributed by atoms with E-state index in [9.17, 15) is 0 Å². The standard InChI is InChI=1S/C5H5.C2H5.3CH3.Pt/c1-2-4-5-3-1;1-2;;;;/h1-3H,4H2;1H2,2H3;3*1H3;. The van der Waals surface area contributed by atoms with E-state index in [-0.39, 0.29) is 0 Å². The Hall–Kier alpha value is 0.168. The summed E-state index contributed by atoms with van der Waals surface area (Å²) in [5.41, 5.74) is 0. The molecular formula is C10H19Pt. The predicted octanol–water partition coefficient (Wildman–Crippen LogP) is 4.10. The van der Waals surface area contributed by atoms with Crippen molar-refractivity contribution in [3.05, 3.63) is 22.2 Å². The SMILES string of the molecule is C[CH2][Pt]([CH3])([CH3])([CH3])[C]1=CC=CC1. The number of hydrogen-bond acceptors (Lipinski definition) is 0. The Balaban J connectivity index is 2.89. The zero-order chi connectivity index (χ0) is 8.56. The summed E-state index contributed by atoms with van der Waals surface area (Å²) in [7, 11) is 0. The third kappa shape index (κ3) is 1.85. The van der Waals surface area contributed by atoms with E-state index in [2.05, 4.69) is 41.1 Å². The molecule has 0 aliphatic heterocycles. The quantitative estimate of drug-likeness (QED) is 0.713. The second-order valence-corrected chi connectivity index (χ2v) is 22.5. The van der Waals surface area contributed by atoms with Crippen LogP contribution in [0, 0.1) is 0 Å². The fraction of sp³-hybridized carbons (Fsp3) is 0.600. The maximum absolute atomic E-state index is 2.52. The van der Waals surface area contributed by atoms with E-state index < -0.39 is 14.8 Å². The summed E-state index contributed by atoms with van der Waals surface area (Å²) >= 11 is -2.01. The van der Waals surface area contributed by atoms with Crippen LogP contribution in [0.2, 0.25) is 20.8 Å². The maximum atomic E-state index is 2.52. The van der Waals surface area contributed by atoms with Crippen molar-refractivity contribution in [2.45, 2.75) is 34.1 Å². The van der Waals surface area contributed by atoms with E-state index in [1.54, 1.807) is 3.96 Å². The van der Waals surface area contributed by atoms with Gasteiger partial charge in [-0.1, -0.05) is 0 Å². The Morgan fingerprint density at radius 2 is 2.00 bits per heavy atom. The average Bonchev–Trinajstić information content (AvgIpc) is 2.38. The van der Waals surface area contributed by atoms with Gasteiger partial charge in [0.2, 0.25) is 0 Å². The van der Waals surface area contributed by atoms with Gasteiger partial charge in [-0.2, -0.15) is 0 Å². The fourth-order valence-electron chi connectivity index (χ4n) is 0.986. The van der Waals surface area contributed by atoms with Gasteiger partial charge in [0.05, 0.1) is 0 Å². The Bertz CT molecular complexity index is 213. The number of hydrogen-bond donors (Lipinski definition) is 0. The summed E-state index contributed by atoms with van der Waals surface area (Å²) in [6.45, 7) is 2.34. The molecular weight excluding hydrogens is 315 g/mol. The second kappa shape index (κ2) is 2.59. The molecule has 0 atom stereocenters. The third-order valence-corrected chi connectivity index (χ3v) is 14.1. The summed E-state index contributed by atoms with van der Waals surface area (Å²) in [4.78, 5) is 1.39. The zero-order valence-corrected chi connectivity index (χ0v) is 10.2. The van der Waals surface area contributed by atoms with Gasteiger partial charge in [-0.25, -0.2) is 0 Å². The molecule has 0 amide bonds. The van der Waals surface area contributed by atoms with E-state index in [4.69, 9.17) is 0 Å². The Morgan fingerprint density at radius 3 is 2.36 bits per heavy atom. The molecule has 0 spiro atoms. The van der Waals surface area contributed by atoms with E-state index in [0.29, 0.717) is 0 Å². The molecule has 1 aliphatic carbocycles. The van der Waals surface area contributed by atoms with Crippen LogP contribution in [0.1, 0.15) is 13.3 Å². The van der Waals surface area contributed by atoms with Crippen LogP contribution in [-0.2, 0) is 14.8 Å². The van der Waals surface area contributed by atoms with E-state index in [1.807, 2.05) is 0 Å². The molecule has 11 heavy (non-hydrogen) atoms. The molecule has 0 saturated carbocycles. The third-order valence-electron chi connectivity index (χ3n) is 2.24. The minimum atomic E-state index is -2.01. The van der Waals surface area contributed by atoms with Crippen molar-refractivity contribution in [1.82, 2.24) is 0 Å². The summed E-state index contributed by atoms with van der Waals surface area (Å²) in [5.74, 6) is 0. The molecule has 0 fully saturated rings. The Morgan fingerprint density at radius 1 is 1.36 bits per heavy atom. The van der Waals surface area contributed by atoms with Crippen LogP contribution in [0.3, 0.4) is 0 Å². The Kier molecular flexibility index (Phi) is 2.18. The molecule has 0 saturated heterocycles. The van der Waals surface area contributed by atoms with E-state index in [1.165, 1.54) is 11.2 Å². The first-order valence-corrected chi connectivity index (χ1v) is 13.3. The van der Waals surface area contributed by atoms with Crippen LogP contribution in [0.4, 0.5) is 0 Å². The van der Waals surface area contributed by atoms with Gasteiger partial charge in [0.1, 0.15) is 0 Å². The second-order valence-electron chi connectivity index (χ2n) is 3.64. The summed E-state index contributed by atoms with van der Waals surface area (Å²) in [5, 5.41) is 7.55. The monoisotopic (exact) mass is 334 g/mol. The van der Waals surface area contributed by atoms with Crippen molar-refractivity contribution in [3.8, 4) is 0 Å². The van der Waals surface area contributed by atoms with Crippen LogP contribution in [0.15, 0.2) is 22.2 Å². The zero-order valence-electron chi connectivity index (χ0n) is 7.96. The molecule has 0 radical (unpaired) electrons. The summed E-state index contributed by atoms with van der Waals surface area (Å²) < 4.78 is 1.75. The van der Waals surface area contributed by atoms with E-state index >= 15 is 0 Å². The van der Waals surface area contributed by atoms with Gasteiger partial charge in [0, 0.05) is 0 Å². The van der Waals surface area contributed by atoms with Gasteiger partial charge < -0.3 is 0 Å². The van der Waals surface area contributed by atoms with Crippen LogP contribution in [0.5, 0.6) is 0 Å². The van der Waals surface area contributed by atoms with Gasteiger partial charge in [-0.15, -0.1) is 0 Å². The molecule has 1 heteroatoms. The normalized spacial score (nSPS) is 21.1. The number of allylic oxidation sites excluding steroid dienone is 4. The predicted molar refractivity (Wildman–Crippen MR) is 49.9 cm³/mol. The van der Waals surface area contributed by atoms with Crippen molar-refractivity contribution in [3.63, 3.8) is 0 Å². The van der Waals surface area contributed by atoms with Crippen LogP contribution in [-0.4, -0.2) is 0 Å². The van der Waals surface area contributed by atoms with Crippen molar-refractivity contribution in [2.75, 3.05) is 0 Å². The van der Waals surface area contributed by atoms with Crippen molar-refractivity contribution >= 4 is 0 Å². The van der Waals surface area contributed by atoms with Crippen LogP contribution < -0.4 is 0 Å². The van der Waals surface area contributed by atoms with Crippen LogP contribution in [0.25, 0.3) is 0 Å². The van der Waals surface area contributed by atoms with Crippen molar-refractivity contribution < 1.29 is 14.8 Å². The molecule has 1 rings (SSSR count). The first-order chi connectivity index (χ1) is 4.94. The molecule has 0 unspecified atom stereocenters. The van der Waals surface area contributed by atoms with Gasteiger partial charge in [0.15, 0.2) is 0 Å². The molecule has 0 aromatic heterocycles. The summed E-state index contributed by atoms with van der Waals surface area (Å²) in [6, 6.07) is 0. The minimum absolute atomic E-state index is 1.23. The topological polar surface area (TPSA) is 0 Å². The first-order valence-electron chi connectivity index (χ1n) is 3.75. The molecule has 0 heterocycles. The summed E-state index contributed by atoms with van der Waals surface area (Å²) in [6.07, 6.45) is 8.07. The van der Waals surface area contributed by atoms with Gasteiger partial charge in [-0.05, 0) is 0 Å². The van der Waals surface area contributed by atoms with Gasteiger partial charge >= 0.3 is 71.1 Å². The van der Waals surface area contributed by atoms with Crippen molar-refractivity contribution in [2.24, 2.45) is 0 Å². The first kappa shape index (κ1) is 9.26. The van der Waals surface area contributed by atoms with Gasteiger partial charge in [-0.3, -0.25) is 0 Å². The molecule has 69 valence electrons. The molecule has 0 nitrogen and oxygen atoms in total. The Labute approximate surface area is 71.2 Å².